The summed E-state index contributed by atoms with van der Waals surface area (Å²) in [6.07, 6.45) is 1.28. The second-order valence-electron chi connectivity index (χ2n) is 6.61. The molecule has 0 radical (unpaired) electrons. The number of rotatable bonds is 3. The molecule has 2 aromatic carbocycles. The number of fused-ring (bicyclic) bond motifs is 1. The van der Waals surface area contributed by atoms with Crippen molar-refractivity contribution in [2.24, 2.45) is 0 Å². The molecule has 1 aliphatic heterocycles. The van der Waals surface area contributed by atoms with Gasteiger partial charge in [0.15, 0.2) is 5.76 Å². The Morgan fingerprint density at radius 2 is 1.96 bits per heavy atom. The number of amides is 1. The van der Waals surface area contributed by atoms with Gasteiger partial charge >= 0.3 is 0 Å². The Balaban J connectivity index is 1.60. The van der Waals surface area contributed by atoms with E-state index in [1.807, 2.05) is 12.1 Å². The molecule has 0 aliphatic carbocycles. The highest BCUT2D eigenvalue weighted by Crippen LogP contribution is 2.33. The number of carbonyl (C=O) groups is 1. The number of furan rings is 1. The van der Waals surface area contributed by atoms with Gasteiger partial charge in [-0.3, -0.25) is 4.79 Å². The fourth-order valence-electron chi connectivity index (χ4n) is 3.33. The molecule has 26 heavy (non-hydrogen) atoms. The van der Waals surface area contributed by atoms with Gasteiger partial charge in [0, 0.05) is 11.1 Å². The Kier molecular flexibility index (Phi) is 4.22. The number of piperidine rings is 1. The number of benzene rings is 2. The molecule has 134 valence electrons. The molecule has 1 fully saturated rings. The maximum Gasteiger partial charge on any atom is 0.291 e. The predicted octanol–water partition coefficient (Wildman–Crippen LogP) is 3.40. The van der Waals surface area contributed by atoms with Gasteiger partial charge in [-0.15, -0.1) is 0 Å². The van der Waals surface area contributed by atoms with Gasteiger partial charge in [-0.25, -0.2) is 4.39 Å². The molecule has 0 atom stereocenters. The van der Waals surface area contributed by atoms with Crippen LogP contribution in [0.15, 0.2) is 52.9 Å². The van der Waals surface area contributed by atoms with Crippen molar-refractivity contribution >= 4 is 22.6 Å². The number of hydrogen-bond donors (Lipinski definition) is 3. The van der Waals surface area contributed by atoms with E-state index in [4.69, 9.17) is 4.42 Å². The smallest absolute Gasteiger partial charge is 0.291 e. The van der Waals surface area contributed by atoms with Crippen LogP contribution in [0.25, 0.3) is 11.0 Å². The Hall–Kier alpha value is -2.70. The van der Waals surface area contributed by atoms with E-state index >= 15 is 0 Å². The van der Waals surface area contributed by atoms with Gasteiger partial charge in [0.25, 0.3) is 5.91 Å². The highest BCUT2D eigenvalue weighted by Gasteiger charge is 2.31. The average Bonchev–Trinajstić information content (AvgIpc) is 3.06. The van der Waals surface area contributed by atoms with E-state index in [1.165, 1.54) is 18.2 Å². The minimum Gasteiger partial charge on any atom is -0.451 e. The third kappa shape index (κ3) is 3.21. The summed E-state index contributed by atoms with van der Waals surface area (Å²) in [5, 5.41) is 17.5. The molecule has 6 heteroatoms. The number of hydrogen-bond acceptors (Lipinski definition) is 4. The predicted molar refractivity (Wildman–Crippen MR) is 96.6 cm³/mol. The minimum atomic E-state index is -0.860. The normalized spacial score (nSPS) is 16.5. The second-order valence-corrected chi connectivity index (χ2v) is 6.61. The lowest BCUT2D eigenvalue weighted by molar-refractivity contribution is 0.00605. The standard InChI is InChI=1S/C20H19FN2O3/c21-15-2-1-3-16(12-15)23-19(24)18-11-13-10-14(4-5-17(13)26-18)20(25)6-8-22-9-7-20/h1-5,10-12,22,25H,6-9H2,(H,23,24). The molecular weight excluding hydrogens is 335 g/mol. The van der Waals surface area contributed by atoms with Crippen LogP contribution < -0.4 is 10.6 Å². The zero-order valence-corrected chi connectivity index (χ0v) is 14.1. The van der Waals surface area contributed by atoms with Gasteiger partial charge in [-0.1, -0.05) is 12.1 Å². The fraction of sp³-hybridized carbons (Fsp3) is 0.250. The topological polar surface area (TPSA) is 74.5 Å². The maximum atomic E-state index is 13.2. The van der Waals surface area contributed by atoms with E-state index in [1.54, 1.807) is 18.2 Å². The summed E-state index contributed by atoms with van der Waals surface area (Å²) >= 11 is 0. The van der Waals surface area contributed by atoms with Gasteiger partial charge in [0.05, 0.1) is 5.60 Å². The summed E-state index contributed by atoms with van der Waals surface area (Å²) in [6.45, 7) is 1.53. The number of halogens is 1. The fourth-order valence-corrected chi connectivity index (χ4v) is 3.33. The lowest BCUT2D eigenvalue weighted by Crippen LogP contribution is -2.39. The molecule has 3 N–H and O–H groups in total. The third-order valence-electron chi connectivity index (χ3n) is 4.79. The van der Waals surface area contributed by atoms with Crippen LogP contribution in [-0.4, -0.2) is 24.1 Å². The van der Waals surface area contributed by atoms with Crippen LogP contribution in [0.3, 0.4) is 0 Å². The Bertz CT molecular complexity index is 961. The first-order chi connectivity index (χ1) is 12.5. The quantitative estimate of drug-likeness (QED) is 0.674. The Morgan fingerprint density at radius 3 is 2.73 bits per heavy atom. The van der Waals surface area contributed by atoms with Crippen molar-refractivity contribution in [3.63, 3.8) is 0 Å². The van der Waals surface area contributed by atoms with Crippen molar-refractivity contribution in [2.45, 2.75) is 18.4 Å². The molecule has 1 aromatic heterocycles. The average molecular weight is 354 g/mol. The van der Waals surface area contributed by atoms with Crippen molar-refractivity contribution in [1.82, 2.24) is 5.32 Å². The highest BCUT2D eigenvalue weighted by atomic mass is 19.1. The van der Waals surface area contributed by atoms with E-state index in [2.05, 4.69) is 10.6 Å². The van der Waals surface area contributed by atoms with Crippen molar-refractivity contribution in [1.29, 1.82) is 0 Å². The molecule has 0 saturated carbocycles. The van der Waals surface area contributed by atoms with Crippen molar-refractivity contribution in [3.8, 4) is 0 Å². The van der Waals surface area contributed by atoms with Crippen LogP contribution in [-0.2, 0) is 5.60 Å². The maximum absolute atomic E-state index is 13.2. The van der Waals surface area contributed by atoms with Crippen LogP contribution in [0.2, 0.25) is 0 Å². The van der Waals surface area contributed by atoms with Crippen molar-refractivity contribution in [2.75, 3.05) is 18.4 Å². The van der Waals surface area contributed by atoms with Crippen LogP contribution >= 0.6 is 0 Å². The van der Waals surface area contributed by atoms with Crippen LogP contribution in [0.1, 0.15) is 29.0 Å². The van der Waals surface area contributed by atoms with E-state index in [0.29, 0.717) is 24.1 Å². The Morgan fingerprint density at radius 1 is 1.15 bits per heavy atom. The van der Waals surface area contributed by atoms with Crippen LogP contribution in [0.4, 0.5) is 10.1 Å². The second kappa shape index (κ2) is 6.55. The lowest BCUT2D eigenvalue weighted by Gasteiger charge is -2.33. The molecule has 0 bridgehead atoms. The van der Waals surface area contributed by atoms with E-state index in [9.17, 15) is 14.3 Å². The lowest BCUT2D eigenvalue weighted by atomic mass is 9.85. The molecular formula is C20H19FN2O3. The van der Waals surface area contributed by atoms with Gasteiger partial charge in [0.1, 0.15) is 11.4 Å². The first-order valence-corrected chi connectivity index (χ1v) is 8.58. The number of nitrogens with one attached hydrogen (secondary N) is 2. The van der Waals surface area contributed by atoms with E-state index in [0.717, 1.165) is 24.0 Å². The number of carbonyl (C=O) groups excluding carboxylic acids is 1. The third-order valence-corrected chi connectivity index (χ3v) is 4.79. The van der Waals surface area contributed by atoms with Crippen LogP contribution in [0, 0.1) is 5.82 Å². The SMILES string of the molecule is O=C(Nc1cccc(F)c1)c1cc2cc(C3(O)CCNCC3)ccc2o1. The largest absolute Gasteiger partial charge is 0.451 e. The minimum absolute atomic E-state index is 0.138. The first-order valence-electron chi connectivity index (χ1n) is 8.58. The summed E-state index contributed by atoms with van der Waals surface area (Å²) in [7, 11) is 0. The van der Waals surface area contributed by atoms with Crippen molar-refractivity contribution < 1.29 is 18.7 Å². The summed E-state index contributed by atoms with van der Waals surface area (Å²) in [4.78, 5) is 12.4. The zero-order chi connectivity index (χ0) is 18.1. The summed E-state index contributed by atoms with van der Waals surface area (Å²) in [6, 6.07) is 12.8. The molecule has 1 saturated heterocycles. The van der Waals surface area contributed by atoms with E-state index in [-0.39, 0.29) is 5.76 Å². The zero-order valence-electron chi connectivity index (χ0n) is 14.1. The van der Waals surface area contributed by atoms with Gasteiger partial charge in [-0.05, 0) is 67.9 Å². The van der Waals surface area contributed by atoms with Gasteiger partial charge in [-0.2, -0.15) is 0 Å². The molecule has 3 aromatic rings. The van der Waals surface area contributed by atoms with Crippen LogP contribution in [0.5, 0.6) is 0 Å². The Labute approximate surface area is 149 Å². The number of anilines is 1. The molecule has 4 rings (SSSR count). The molecule has 0 spiro atoms. The van der Waals surface area contributed by atoms with Gasteiger partial charge in [0.2, 0.25) is 0 Å². The first kappa shape index (κ1) is 16.8. The summed E-state index contributed by atoms with van der Waals surface area (Å²) < 4.78 is 18.8. The molecule has 5 nitrogen and oxygen atoms in total. The molecule has 1 aliphatic rings. The molecule has 0 unspecified atom stereocenters. The summed E-state index contributed by atoms with van der Waals surface area (Å²) in [5.74, 6) is -0.736. The summed E-state index contributed by atoms with van der Waals surface area (Å²) in [5.41, 5.74) is 0.890. The van der Waals surface area contributed by atoms with E-state index < -0.39 is 17.3 Å². The molecule has 1 amide bonds. The van der Waals surface area contributed by atoms with Gasteiger partial charge < -0.3 is 20.2 Å². The number of aliphatic hydroxyl groups is 1. The monoisotopic (exact) mass is 354 g/mol. The highest BCUT2D eigenvalue weighted by molar-refractivity contribution is 6.04. The van der Waals surface area contributed by atoms with Crippen molar-refractivity contribution in [3.05, 3.63) is 65.7 Å². The molecule has 2 heterocycles.